The van der Waals surface area contributed by atoms with Gasteiger partial charge in [-0.25, -0.2) is 0 Å². The molecule has 0 atom stereocenters. The van der Waals surface area contributed by atoms with Crippen molar-refractivity contribution in [1.29, 1.82) is 0 Å². The van der Waals surface area contributed by atoms with Crippen molar-refractivity contribution in [3.63, 3.8) is 0 Å². The van der Waals surface area contributed by atoms with E-state index in [-0.39, 0.29) is 18.2 Å². The van der Waals surface area contributed by atoms with E-state index in [1.54, 1.807) is 12.1 Å². The molecule has 86 valence electrons. The predicted molar refractivity (Wildman–Crippen MR) is 57.3 cm³/mol. The number of hydrogen-bond acceptors (Lipinski definition) is 4. The molecular formula is C10H12N2O4. The molecule has 0 unspecified atom stereocenters. The molecule has 0 fully saturated rings. The summed E-state index contributed by atoms with van der Waals surface area (Å²) >= 11 is 0. The molecule has 1 aromatic rings. The van der Waals surface area contributed by atoms with Crippen LogP contribution in [0.15, 0.2) is 24.3 Å². The Morgan fingerprint density at radius 1 is 1.56 bits per heavy atom. The molecule has 0 aliphatic rings. The summed E-state index contributed by atoms with van der Waals surface area (Å²) in [7, 11) is 0. The van der Waals surface area contributed by atoms with E-state index >= 15 is 0 Å². The lowest BCUT2D eigenvalue weighted by Gasteiger charge is -2.05. The molecule has 6 nitrogen and oxygen atoms in total. The minimum atomic E-state index is -0.485. The van der Waals surface area contributed by atoms with Crippen molar-refractivity contribution in [3.8, 4) is 5.75 Å². The number of carbonyl (C=O) groups is 1. The summed E-state index contributed by atoms with van der Waals surface area (Å²) in [4.78, 5) is 20.5. The second-order valence-electron chi connectivity index (χ2n) is 3.09. The van der Waals surface area contributed by atoms with Gasteiger partial charge in [0.2, 0.25) is 5.91 Å². The maximum Gasteiger partial charge on any atom is 0.273 e. The molecule has 0 saturated carbocycles. The van der Waals surface area contributed by atoms with E-state index < -0.39 is 4.92 Å². The first-order valence-corrected chi connectivity index (χ1v) is 4.71. The van der Waals surface area contributed by atoms with E-state index in [4.69, 9.17) is 4.74 Å². The summed E-state index contributed by atoms with van der Waals surface area (Å²) in [5.74, 6) is 0.280. The van der Waals surface area contributed by atoms with Gasteiger partial charge in [0.1, 0.15) is 12.4 Å². The van der Waals surface area contributed by atoms with Gasteiger partial charge in [-0.05, 0) is 6.07 Å². The van der Waals surface area contributed by atoms with Gasteiger partial charge in [0.25, 0.3) is 5.69 Å². The maximum atomic E-state index is 10.5. The number of non-ortho nitro benzene ring substituents is 1. The fourth-order valence-electron chi connectivity index (χ4n) is 1.08. The van der Waals surface area contributed by atoms with Gasteiger partial charge in [0.15, 0.2) is 0 Å². The van der Waals surface area contributed by atoms with Crippen molar-refractivity contribution in [3.05, 3.63) is 34.4 Å². The van der Waals surface area contributed by atoms with Crippen molar-refractivity contribution in [2.75, 3.05) is 13.2 Å². The molecule has 0 radical (unpaired) electrons. The van der Waals surface area contributed by atoms with Crippen molar-refractivity contribution in [1.82, 2.24) is 5.32 Å². The highest BCUT2D eigenvalue weighted by Gasteiger charge is 2.05. The fourth-order valence-corrected chi connectivity index (χ4v) is 1.08. The van der Waals surface area contributed by atoms with Crippen LogP contribution in [0.25, 0.3) is 0 Å². The van der Waals surface area contributed by atoms with Crippen LogP contribution in [0, 0.1) is 10.1 Å². The Bertz CT molecular complexity index is 392. The van der Waals surface area contributed by atoms with Crippen LogP contribution in [-0.2, 0) is 4.79 Å². The number of ether oxygens (including phenoxy) is 1. The number of carbonyl (C=O) groups excluding carboxylic acids is 1. The molecule has 6 heteroatoms. The Kier molecular flexibility index (Phi) is 4.26. The maximum absolute atomic E-state index is 10.5. The standard InChI is InChI=1S/C10H12N2O4/c1-8(13)11-5-6-16-10-4-2-3-9(7-10)12(14)15/h2-4,7H,5-6H2,1H3,(H,11,13). The first kappa shape index (κ1) is 12.0. The summed E-state index contributed by atoms with van der Waals surface area (Å²) in [5, 5.41) is 13.0. The third-order valence-corrected chi connectivity index (χ3v) is 1.77. The molecule has 0 heterocycles. The summed E-state index contributed by atoms with van der Waals surface area (Å²) in [6, 6.07) is 5.90. The fraction of sp³-hybridized carbons (Fsp3) is 0.300. The monoisotopic (exact) mass is 224 g/mol. The second-order valence-corrected chi connectivity index (χ2v) is 3.09. The van der Waals surface area contributed by atoms with Crippen LogP contribution in [0.5, 0.6) is 5.75 Å². The molecule has 0 aliphatic heterocycles. The first-order valence-electron chi connectivity index (χ1n) is 4.71. The minimum Gasteiger partial charge on any atom is -0.491 e. The first-order chi connectivity index (χ1) is 7.59. The minimum absolute atomic E-state index is 0.0166. The Morgan fingerprint density at radius 2 is 2.31 bits per heavy atom. The SMILES string of the molecule is CC(=O)NCCOc1cccc([N+](=O)[O-])c1. The summed E-state index contributed by atoms with van der Waals surface area (Å²) in [6.45, 7) is 2.06. The highest BCUT2D eigenvalue weighted by atomic mass is 16.6. The molecule has 0 aliphatic carbocycles. The number of nitrogens with zero attached hydrogens (tertiary/aromatic N) is 1. The van der Waals surface area contributed by atoms with Gasteiger partial charge in [-0.3, -0.25) is 14.9 Å². The molecule has 1 aromatic carbocycles. The van der Waals surface area contributed by atoms with Crippen LogP contribution in [0.2, 0.25) is 0 Å². The molecule has 16 heavy (non-hydrogen) atoms. The topological polar surface area (TPSA) is 81.5 Å². The normalized spacial score (nSPS) is 9.56. The smallest absolute Gasteiger partial charge is 0.273 e. The van der Waals surface area contributed by atoms with Crippen LogP contribution >= 0.6 is 0 Å². The zero-order valence-electron chi connectivity index (χ0n) is 8.80. The van der Waals surface area contributed by atoms with E-state index in [0.717, 1.165) is 0 Å². The zero-order valence-corrected chi connectivity index (χ0v) is 8.80. The van der Waals surface area contributed by atoms with E-state index in [9.17, 15) is 14.9 Å². The van der Waals surface area contributed by atoms with Gasteiger partial charge >= 0.3 is 0 Å². The quantitative estimate of drug-likeness (QED) is 0.461. The van der Waals surface area contributed by atoms with Crippen LogP contribution in [-0.4, -0.2) is 24.0 Å². The highest BCUT2D eigenvalue weighted by molar-refractivity contribution is 5.72. The average molecular weight is 224 g/mol. The number of nitro benzene ring substituents is 1. The van der Waals surface area contributed by atoms with Crippen molar-refractivity contribution < 1.29 is 14.5 Å². The Balaban J connectivity index is 2.45. The van der Waals surface area contributed by atoms with Gasteiger partial charge < -0.3 is 10.1 Å². The van der Waals surface area contributed by atoms with E-state index in [2.05, 4.69) is 5.32 Å². The molecule has 0 bridgehead atoms. The number of nitro groups is 1. The van der Waals surface area contributed by atoms with Gasteiger partial charge in [-0.1, -0.05) is 6.07 Å². The van der Waals surface area contributed by atoms with Gasteiger partial charge in [-0.2, -0.15) is 0 Å². The van der Waals surface area contributed by atoms with Crippen LogP contribution in [0.4, 0.5) is 5.69 Å². The molecule has 0 aromatic heterocycles. The van der Waals surface area contributed by atoms with Gasteiger partial charge in [0.05, 0.1) is 17.5 Å². The van der Waals surface area contributed by atoms with Crippen LogP contribution in [0.1, 0.15) is 6.92 Å². The Hall–Kier alpha value is -2.11. The third-order valence-electron chi connectivity index (χ3n) is 1.77. The van der Waals surface area contributed by atoms with E-state index in [1.807, 2.05) is 0 Å². The van der Waals surface area contributed by atoms with Crippen molar-refractivity contribution in [2.45, 2.75) is 6.92 Å². The Labute approximate surface area is 92.4 Å². The lowest BCUT2D eigenvalue weighted by Crippen LogP contribution is -2.25. The highest BCUT2D eigenvalue weighted by Crippen LogP contribution is 2.18. The van der Waals surface area contributed by atoms with Crippen LogP contribution < -0.4 is 10.1 Å². The molecular weight excluding hydrogens is 212 g/mol. The molecule has 1 rings (SSSR count). The van der Waals surface area contributed by atoms with E-state index in [0.29, 0.717) is 12.3 Å². The van der Waals surface area contributed by atoms with Crippen molar-refractivity contribution >= 4 is 11.6 Å². The number of amides is 1. The average Bonchev–Trinajstić information content (AvgIpc) is 2.24. The number of hydrogen-bond donors (Lipinski definition) is 1. The Morgan fingerprint density at radius 3 is 2.94 bits per heavy atom. The van der Waals surface area contributed by atoms with E-state index in [1.165, 1.54) is 19.1 Å². The number of benzene rings is 1. The summed E-state index contributed by atoms with van der Waals surface area (Å²) < 4.78 is 5.23. The molecule has 0 saturated heterocycles. The molecule has 0 spiro atoms. The van der Waals surface area contributed by atoms with Crippen molar-refractivity contribution in [2.24, 2.45) is 0 Å². The second kappa shape index (κ2) is 5.69. The summed E-state index contributed by atoms with van der Waals surface area (Å²) in [5.41, 5.74) is -0.0166. The van der Waals surface area contributed by atoms with Gasteiger partial charge in [0, 0.05) is 13.0 Å². The third kappa shape index (κ3) is 3.95. The zero-order chi connectivity index (χ0) is 12.0. The predicted octanol–water partition coefficient (Wildman–Crippen LogP) is 1.11. The summed E-state index contributed by atoms with van der Waals surface area (Å²) in [6.07, 6.45) is 0. The number of nitrogens with one attached hydrogen (secondary N) is 1. The molecule has 1 N–H and O–H groups in total. The lowest BCUT2D eigenvalue weighted by atomic mass is 10.3. The van der Waals surface area contributed by atoms with Crippen LogP contribution in [0.3, 0.4) is 0 Å². The number of rotatable bonds is 5. The largest absolute Gasteiger partial charge is 0.491 e. The molecule has 1 amide bonds. The van der Waals surface area contributed by atoms with Gasteiger partial charge in [-0.15, -0.1) is 0 Å². The lowest BCUT2D eigenvalue weighted by molar-refractivity contribution is -0.384.